The minimum atomic E-state index is -3.76. The fraction of sp³-hybridized carbons (Fsp3) is 0.500. The standard InChI is InChI=1S/C12H21N3O2S/c1-12(2,3)6-7-15-10-5-4-9(13)8-11(10)18(14,16)17/h4-5,8,15H,6-7,13H2,1-3H3,(H2,14,16,17). The number of benzene rings is 1. The Morgan fingerprint density at radius 2 is 1.89 bits per heavy atom. The van der Waals surface area contributed by atoms with Crippen LogP contribution in [0.15, 0.2) is 23.1 Å². The first kappa shape index (κ1) is 14.8. The second-order valence-corrected chi connectivity index (χ2v) is 7.07. The zero-order chi connectivity index (χ0) is 14.0. The second kappa shape index (κ2) is 5.16. The van der Waals surface area contributed by atoms with E-state index in [1.165, 1.54) is 6.07 Å². The van der Waals surface area contributed by atoms with Crippen molar-refractivity contribution in [2.45, 2.75) is 32.1 Å². The van der Waals surface area contributed by atoms with E-state index in [-0.39, 0.29) is 10.3 Å². The van der Waals surface area contributed by atoms with Gasteiger partial charge in [-0.3, -0.25) is 0 Å². The van der Waals surface area contributed by atoms with E-state index >= 15 is 0 Å². The third-order valence-electron chi connectivity index (χ3n) is 2.50. The number of sulfonamides is 1. The summed E-state index contributed by atoms with van der Waals surface area (Å²) < 4.78 is 22.9. The summed E-state index contributed by atoms with van der Waals surface area (Å²) in [5.74, 6) is 0. The first-order valence-electron chi connectivity index (χ1n) is 5.76. The molecule has 1 aromatic rings. The molecule has 6 heteroatoms. The molecule has 0 saturated heterocycles. The first-order valence-corrected chi connectivity index (χ1v) is 7.30. The van der Waals surface area contributed by atoms with Crippen LogP contribution in [-0.4, -0.2) is 15.0 Å². The number of primary sulfonamides is 1. The molecule has 0 saturated carbocycles. The van der Waals surface area contributed by atoms with Crippen LogP contribution < -0.4 is 16.2 Å². The van der Waals surface area contributed by atoms with Gasteiger partial charge in [-0.25, -0.2) is 13.6 Å². The summed E-state index contributed by atoms with van der Waals surface area (Å²) in [7, 11) is -3.76. The predicted molar refractivity (Wildman–Crippen MR) is 74.8 cm³/mol. The SMILES string of the molecule is CC(C)(C)CCNc1ccc(N)cc1S(N)(=O)=O. The van der Waals surface area contributed by atoms with E-state index in [1.54, 1.807) is 12.1 Å². The van der Waals surface area contributed by atoms with Crippen LogP contribution in [0.25, 0.3) is 0 Å². The zero-order valence-corrected chi connectivity index (χ0v) is 11.8. The van der Waals surface area contributed by atoms with Gasteiger partial charge in [0.05, 0.1) is 5.69 Å². The molecule has 0 atom stereocenters. The van der Waals surface area contributed by atoms with Crippen molar-refractivity contribution in [2.24, 2.45) is 10.6 Å². The van der Waals surface area contributed by atoms with Crippen molar-refractivity contribution in [1.82, 2.24) is 0 Å². The summed E-state index contributed by atoms with van der Waals surface area (Å²) in [6.07, 6.45) is 0.918. The molecule has 5 nitrogen and oxygen atoms in total. The smallest absolute Gasteiger partial charge is 0.240 e. The van der Waals surface area contributed by atoms with Gasteiger partial charge in [-0.2, -0.15) is 0 Å². The van der Waals surface area contributed by atoms with Gasteiger partial charge < -0.3 is 11.1 Å². The van der Waals surface area contributed by atoms with Gasteiger partial charge in [0.15, 0.2) is 0 Å². The molecule has 18 heavy (non-hydrogen) atoms. The van der Waals surface area contributed by atoms with Gasteiger partial charge in [0, 0.05) is 12.2 Å². The molecule has 0 amide bonds. The Morgan fingerprint density at radius 1 is 1.28 bits per heavy atom. The van der Waals surface area contributed by atoms with Gasteiger partial charge in [-0.1, -0.05) is 20.8 Å². The summed E-state index contributed by atoms with van der Waals surface area (Å²) >= 11 is 0. The van der Waals surface area contributed by atoms with Gasteiger partial charge in [-0.15, -0.1) is 0 Å². The highest BCUT2D eigenvalue weighted by molar-refractivity contribution is 7.89. The summed E-state index contributed by atoms with van der Waals surface area (Å²) in [5.41, 5.74) is 6.63. The second-order valence-electron chi connectivity index (χ2n) is 5.54. The first-order chi connectivity index (χ1) is 8.09. The summed E-state index contributed by atoms with van der Waals surface area (Å²) in [5, 5.41) is 8.25. The van der Waals surface area contributed by atoms with Crippen LogP contribution in [-0.2, 0) is 10.0 Å². The van der Waals surface area contributed by atoms with E-state index in [4.69, 9.17) is 10.9 Å². The summed E-state index contributed by atoms with van der Waals surface area (Å²) in [6.45, 7) is 7.05. The molecule has 0 aliphatic rings. The Morgan fingerprint density at radius 3 is 2.39 bits per heavy atom. The van der Waals surface area contributed by atoms with Crippen molar-refractivity contribution >= 4 is 21.4 Å². The molecular weight excluding hydrogens is 250 g/mol. The molecule has 0 heterocycles. The van der Waals surface area contributed by atoms with Crippen molar-refractivity contribution in [3.8, 4) is 0 Å². The normalized spacial score (nSPS) is 12.4. The minimum Gasteiger partial charge on any atom is -0.399 e. The Labute approximate surface area is 109 Å². The fourth-order valence-electron chi connectivity index (χ4n) is 1.49. The van der Waals surface area contributed by atoms with Crippen LogP contribution in [0, 0.1) is 5.41 Å². The third kappa shape index (κ3) is 4.54. The number of anilines is 2. The fourth-order valence-corrected chi connectivity index (χ4v) is 2.24. The monoisotopic (exact) mass is 271 g/mol. The topological polar surface area (TPSA) is 98.2 Å². The minimum absolute atomic E-state index is 0.0383. The maximum absolute atomic E-state index is 11.4. The van der Waals surface area contributed by atoms with Crippen molar-refractivity contribution in [3.05, 3.63) is 18.2 Å². The van der Waals surface area contributed by atoms with E-state index < -0.39 is 10.0 Å². The van der Waals surface area contributed by atoms with Crippen LogP contribution in [0.5, 0.6) is 0 Å². The highest BCUT2D eigenvalue weighted by Crippen LogP contribution is 2.24. The van der Waals surface area contributed by atoms with Crippen molar-refractivity contribution in [2.75, 3.05) is 17.6 Å². The maximum atomic E-state index is 11.4. The molecule has 0 spiro atoms. The number of nitrogens with one attached hydrogen (secondary N) is 1. The van der Waals surface area contributed by atoms with Crippen molar-refractivity contribution in [1.29, 1.82) is 0 Å². The zero-order valence-electron chi connectivity index (χ0n) is 11.0. The number of nitrogen functional groups attached to an aromatic ring is 1. The van der Waals surface area contributed by atoms with Gasteiger partial charge in [-0.05, 0) is 30.0 Å². The summed E-state index contributed by atoms with van der Waals surface area (Å²) in [4.78, 5) is 0.0383. The number of hydrogen-bond donors (Lipinski definition) is 3. The lowest BCUT2D eigenvalue weighted by atomic mass is 9.92. The van der Waals surface area contributed by atoms with Crippen LogP contribution >= 0.6 is 0 Å². The third-order valence-corrected chi connectivity index (χ3v) is 3.45. The molecule has 0 radical (unpaired) electrons. The number of hydrogen-bond acceptors (Lipinski definition) is 4. The van der Waals surface area contributed by atoms with Crippen molar-refractivity contribution in [3.63, 3.8) is 0 Å². The largest absolute Gasteiger partial charge is 0.399 e. The molecule has 5 N–H and O–H groups in total. The average molecular weight is 271 g/mol. The van der Waals surface area contributed by atoms with E-state index in [1.807, 2.05) is 0 Å². The summed E-state index contributed by atoms with van der Waals surface area (Å²) in [6, 6.07) is 4.65. The van der Waals surface area contributed by atoms with Crippen LogP contribution in [0.2, 0.25) is 0 Å². The molecule has 1 aromatic carbocycles. The molecule has 102 valence electrons. The van der Waals surface area contributed by atoms with Gasteiger partial charge >= 0.3 is 0 Å². The lowest BCUT2D eigenvalue weighted by molar-refractivity contribution is 0.389. The maximum Gasteiger partial charge on any atom is 0.240 e. The number of rotatable bonds is 4. The molecule has 0 aliphatic carbocycles. The Hall–Kier alpha value is -1.27. The van der Waals surface area contributed by atoms with E-state index in [0.29, 0.717) is 17.9 Å². The van der Waals surface area contributed by atoms with Gasteiger partial charge in [0.25, 0.3) is 0 Å². The highest BCUT2D eigenvalue weighted by Gasteiger charge is 2.15. The van der Waals surface area contributed by atoms with Crippen LogP contribution in [0.3, 0.4) is 0 Å². The Bertz CT molecular complexity index is 519. The molecular formula is C12H21N3O2S. The van der Waals surface area contributed by atoms with E-state index in [9.17, 15) is 8.42 Å². The van der Waals surface area contributed by atoms with Gasteiger partial charge in [0.1, 0.15) is 4.90 Å². The molecule has 0 aromatic heterocycles. The molecule has 0 unspecified atom stereocenters. The Balaban J connectivity index is 2.90. The van der Waals surface area contributed by atoms with Crippen molar-refractivity contribution < 1.29 is 8.42 Å². The van der Waals surface area contributed by atoms with Crippen LogP contribution in [0.4, 0.5) is 11.4 Å². The number of nitrogens with two attached hydrogens (primary N) is 2. The van der Waals surface area contributed by atoms with E-state index in [2.05, 4.69) is 26.1 Å². The lowest BCUT2D eigenvalue weighted by Gasteiger charge is -2.19. The molecule has 0 fully saturated rings. The van der Waals surface area contributed by atoms with Crippen LogP contribution in [0.1, 0.15) is 27.2 Å². The highest BCUT2D eigenvalue weighted by atomic mass is 32.2. The van der Waals surface area contributed by atoms with E-state index in [0.717, 1.165) is 6.42 Å². The average Bonchev–Trinajstić information content (AvgIpc) is 2.17. The lowest BCUT2D eigenvalue weighted by Crippen LogP contribution is -2.17. The molecule has 0 bridgehead atoms. The Kier molecular flexibility index (Phi) is 4.24. The molecule has 1 rings (SSSR count). The molecule has 0 aliphatic heterocycles. The van der Waals surface area contributed by atoms with Gasteiger partial charge in [0.2, 0.25) is 10.0 Å². The quantitative estimate of drug-likeness (QED) is 0.727. The predicted octanol–water partition coefficient (Wildman–Crippen LogP) is 1.76.